The lowest BCUT2D eigenvalue weighted by Crippen LogP contribution is -2.44. The molecule has 0 aromatic heterocycles. The van der Waals surface area contributed by atoms with Gasteiger partial charge in [-0.05, 0) is 100 Å². The molecule has 0 spiro atoms. The van der Waals surface area contributed by atoms with Gasteiger partial charge in [0.1, 0.15) is 5.60 Å². The summed E-state index contributed by atoms with van der Waals surface area (Å²) in [6.07, 6.45) is 0.0512. The van der Waals surface area contributed by atoms with Crippen LogP contribution in [-0.2, 0) is 4.74 Å². The Morgan fingerprint density at radius 3 is 1.98 bits per heavy atom. The summed E-state index contributed by atoms with van der Waals surface area (Å²) in [6.45, 7) is 13.9. The third kappa shape index (κ3) is 10.2. The first kappa shape index (κ1) is 35.2. The smallest absolute Gasteiger partial charge is 0.412 e. The Labute approximate surface area is 278 Å². The van der Waals surface area contributed by atoms with Crippen molar-refractivity contribution in [3.05, 3.63) is 83.9 Å². The minimum atomic E-state index is -0.660. The van der Waals surface area contributed by atoms with Crippen molar-refractivity contribution in [1.82, 2.24) is 10.2 Å². The molecule has 47 heavy (non-hydrogen) atoms. The largest absolute Gasteiger partial charge is 0.444 e. The number of ether oxygens (including phenoxy) is 1. The second-order valence-electron chi connectivity index (χ2n) is 13.6. The van der Waals surface area contributed by atoms with Gasteiger partial charge in [0.05, 0.1) is 17.4 Å². The molecule has 0 radical (unpaired) electrons. The quantitative estimate of drug-likeness (QED) is 0.175. The maximum atomic E-state index is 13.3. The molecule has 4 rings (SSSR count). The topological polar surface area (TPSA) is 141 Å². The van der Waals surface area contributed by atoms with E-state index in [0.717, 1.165) is 37.4 Å². The van der Waals surface area contributed by atoms with Crippen molar-refractivity contribution in [2.45, 2.75) is 52.7 Å². The summed E-state index contributed by atoms with van der Waals surface area (Å²) in [5.74, 6) is -0.349. The molecule has 0 bridgehead atoms. The number of anilines is 4. The summed E-state index contributed by atoms with van der Waals surface area (Å²) in [7, 11) is 2.13. The van der Waals surface area contributed by atoms with Gasteiger partial charge in [-0.15, -0.1) is 0 Å². The maximum absolute atomic E-state index is 13.3. The van der Waals surface area contributed by atoms with Crippen LogP contribution in [0.3, 0.4) is 0 Å². The lowest BCUT2D eigenvalue weighted by molar-refractivity contribution is 0.0635. The van der Waals surface area contributed by atoms with E-state index in [1.807, 2.05) is 36.4 Å². The number of likely N-dealkylation sites (N-methyl/N-ethyl adjacent to an activating group) is 1. The molecule has 0 saturated carbocycles. The number of para-hydroxylation sites is 2. The third-order valence-corrected chi connectivity index (χ3v) is 8.16. The molecule has 3 aromatic carbocycles. The molecule has 1 aliphatic rings. The molecule has 1 aliphatic heterocycles. The molecule has 11 heteroatoms. The second kappa shape index (κ2) is 15.3. The van der Waals surface area contributed by atoms with Crippen LogP contribution in [0.1, 0.15) is 63.0 Å². The summed E-state index contributed by atoms with van der Waals surface area (Å²) < 4.78 is 5.35. The number of carbonyl (C=O) groups excluding carboxylic acids is 3. The lowest BCUT2D eigenvalue weighted by atomic mass is 9.77. The van der Waals surface area contributed by atoms with Crippen LogP contribution in [0.15, 0.2) is 72.8 Å². The van der Waals surface area contributed by atoms with Crippen LogP contribution in [0.25, 0.3) is 0 Å². The highest BCUT2D eigenvalue weighted by molar-refractivity contribution is 6.07. The van der Waals surface area contributed by atoms with Gasteiger partial charge < -0.3 is 36.2 Å². The number of nitrogens with two attached hydrogens (primary N) is 1. The highest BCUT2D eigenvalue weighted by Crippen LogP contribution is 2.36. The van der Waals surface area contributed by atoms with Gasteiger partial charge in [0.15, 0.2) is 0 Å². The molecule has 0 aliphatic carbocycles. The van der Waals surface area contributed by atoms with Crippen molar-refractivity contribution in [3.63, 3.8) is 0 Å². The molecule has 6 N–H and O–H groups in total. The van der Waals surface area contributed by atoms with Crippen LogP contribution in [0, 0.1) is 5.41 Å². The molecular formula is C36H49N7O4. The van der Waals surface area contributed by atoms with E-state index >= 15 is 0 Å². The minimum Gasteiger partial charge on any atom is -0.444 e. The number of carbonyl (C=O) groups is 3. The van der Waals surface area contributed by atoms with E-state index in [2.05, 4.69) is 52.0 Å². The van der Waals surface area contributed by atoms with Crippen molar-refractivity contribution in [3.8, 4) is 0 Å². The number of piperazine rings is 1. The standard InChI is InChI=1S/C36H49N7O4/c1-35(2,3)47-34(46)40-30-10-8-7-9-29(30)39-32(44)26-13-11-25(12-14-26)31(36(4,5)19-20-37)41-33(45)38-27-15-17-28(18-16-27)43-23-21-42(6)22-24-43/h7-18,31H,19-24,37H2,1-6H3,(H,39,44)(H,40,46)(H2,38,41,45). The van der Waals surface area contributed by atoms with E-state index in [4.69, 9.17) is 10.5 Å². The minimum absolute atomic E-state index is 0.330. The van der Waals surface area contributed by atoms with Crippen molar-refractivity contribution >= 4 is 40.8 Å². The molecule has 11 nitrogen and oxygen atoms in total. The number of urea groups is 1. The highest BCUT2D eigenvalue weighted by atomic mass is 16.6. The number of benzene rings is 3. The van der Waals surface area contributed by atoms with Crippen molar-refractivity contribution in [2.75, 3.05) is 60.6 Å². The van der Waals surface area contributed by atoms with Crippen LogP contribution in [0.4, 0.5) is 32.3 Å². The Kier molecular flexibility index (Phi) is 11.5. The third-order valence-electron chi connectivity index (χ3n) is 8.16. The van der Waals surface area contributed by atoms with Crippen LogP contribution >= 0.6 is 0 Å². The van der Waals surface area contributed by atoms with Gasteiger partial charge in [0.25, 0.3) is 5.91 Å². The summed E-state index contributed by atoms with van der Waals surface area (Å²) in [5.41, 5.74) is 8.86. The molecule has 1 heterocycles. The molecule has 4 amide bonds. The van der Waals surface area contributed by atoms with Gasteiger partial charge in [0, 0.05) is 43.1 Å². The van der Waals surface area contributed by atoms with E-state index in [0.29, 0.717) is 35.6 Å². The first-order valence-electron chi connectivity index (χ1n) is 16.1. The number of nitrogens with zero attached hydrogens (tertiary/aromatic N) is 2. The van der Waals surface area contributed by atoms with Crippen LogP contribution in [-0.4, -0.2) is 68.3 Å². The molecule has 1 atom stereocenters. The zero-order chi connectivity index (χ0) is 34.2. The molecule has 1 fully saturated rings. The fourth-order valence-electron chi connectivity index (χ4n) is 5.50. The van der Waals surface area contributed by atoms with Crippen LogP contribution < -0.4 is 31.9 Å². The number of rotatable bonds is 10. The molecule has 252 valence electrons. The fraction of sp³-hybridized carbons (Fsp3) is 0.417. The molecule has 3 aromatic rings. The monoisotopic (exact) mass is 643 g/mol. The van der Waals surface area contributed by atoms with Crippen molar-refractivity contribution in [1.29, 1.82) is 0 Å². The van der Waals surface area contributed by atoms with E-state index in [1.54, 1.807) is 57.2 Å². The number of hydrogen-bond acceptors (Lipinski definition) is 7. The molecule has 1 unspecified atom stereocenters. The Hall–Kier alpha value is -4.61. The highest BCUT2D eigenvalue weighted by Gasteiger charge is 2.32. The average molecular weight is 644 g/mol. The number of hydrogen-bond donors (Lipinski definition) is 5. The predicted molar refractivity (Wildman–Crippen MR) is 189 cm³/mol. The van der Waals surface area contributed by atoms with Gasteiger partial charge in [-0.3, -0.25) is 10.1 Å². The number of nitrogens with one attached hydrogen (secondary N) is 4. The first-order valence-corrected chi connectivity index (χ1v) is 16.1. The Morgan fingerprint density at radius 2 is 1.40 bits per heavy atom. The fourth-order valence-corrected chi connectivity index (χ4v) is 5.50. The van der Waals surface area contributed by atoms with Crippen LogP contribution in [0.2, 0.25) is 0 Å². The van der Waals surface area contributed by atoms with E-state index < -0.39 is 11.7 Å². The van der Waals surface area contributed by atoms with Gasteiger partial charge in [0.2, 0.25) is 0 Å². The van der Waals surface area contributed by atoms with Gasteiger partial charge >= 0.3 is 12.1 Å². The SMILES string of the molecule is CN1CCN(c2ccc(NC(=O)NC(c3ccc(C(=O)Nc4ccccc4NC(=O)OC(C)(C)C)cc3)C(C)(C)CCN)cc2)CC1. The van der Waals surface area contributed by atoms with Crippen molar-refractivity contribution < 1.29 is 19.1 Å². The second-order valence-corrected chi connectivity index (χ2v) is 13.6. The van der Waals surface area contributed by atoms with Crippen LogP contribution in [0.5, 0.6) is 0 Å². The zero-order valence-corrected chi connectivity index (χ0v) is 28.4. The number of amides is 4. The molecular weight excluding hydrogens is 594 g/mol. The summed E-state index contributed by atoms with van der Waals surface area (Å²) in [6, 6.07) is 21.2. The first-order chi connectivity index (χ1) is 22.2. The molecule has 1 saturated heterocycles. The van der Waals surface area contributed by atoms with Gasteiger partial charge in [-0.2, -0.15) is 0 Å². The summed E-state index contributed by atoms with van der Waals surface area (Å²) >= 11 is 0. The van der Waals surface area contributed by atoms with E-state index in [-0.39, 0.29) is 23.4 Å². The summed E-state index contributed by atoms with van der Waals surface area (Å²) in [4.78, 5) is 43.5. The van der Waals surface area contributed by atoms with Gasteiger partial charge in [-0.25, -0.2) is 9.59 Å². The Morgan fingerprint density at radius 1 is 0.809 bits per heavy atom. The van der Waals surface area contributed by atoms with Crippen molar-refractivity contribution in [2.24, 2.45) is 11.1 Å². The lowest BCUT2D eigenvalue weighted by Gasteiger charge is -2.35. The van der Waals surface area contributed by atoms with E-state index in [9.17, 15) is 14.4 Å². The summed E-state index contributed by atoms with van der Waals surface area (Å²) in [5, 5.41) is 11.7. The Bertz CT molecular complexity index is 1510. The van der Waals surface area contributed by atoms with Gasteiger partial charge in [-0.1, -0.05) is 38.1 Å². The predicted octanol–water partition coefficient (Wildman–Crippen LogP) is 6.28. The van der Waals surface area contributed by atoms with E-state index in [1.165, 1.54) is 0 Å². The zero-order valence-electron chi connectivity index (χ0n) is 28.4. The Balaban J connectivity index is 1.43. The maximum Gasteiger partial charge on any atom is 0.412 e. The normalized spacial score (nSPS) is 14.6. The average Bonchev–Trinajstić information content (AvgIpc) is 3.01.